The van der Waals surface area contributed by atoms with Gasteiger partial charge in [0, 0.05) is 12.6 Å². The number of hydrogen-bond acceptors (Lipinski definition) is 7. The number of halogens is 1. The number of hydrogen-bond donors (Lipinski definition) is 1. The Bertz CT molecular complexity index is 1220. The molecule has 0 spiro atoms. The molecule has 0 atom stereocenters. The van der Waals surface area contributed by atoms with Crippen LogP contribution < -0.4 is 14.8 Å². The first kappa shape index (κ1) is 25.5. The van der Waals surface area contributed by atoms with Crippen LogP contribution in [0.4, 0.5) is 4.39 Å². The van der Waals surface area contributed by atoms with E-state index in [-0.39, 0.29) is 19.0 Å². The van der Waals surface area contributed by atoms with Gasteiger partial charge in [-0.25, -0.2) is 9.18 Å². The lowest BCUT2D eigenvalue weighted by Crippen LogP contribution is -2.28. The monoisotopic (exact) mass is 482 g/mol. The summed E-state index contributed by atoms with van der Waals surface area (Å²) in [7, 11) is 1.52. The highest BCUT2D eigenvalue weighted by atomic mass is 19.1. The van der Waals surface area contributed by atoms with Crippen LogP contribution in [0.15, 0.2) is 47.0 Å². The van der Waals surface area contributed by atoms with Gasteiger partial charge < -0.3 is 24.1 Å². The molecule has 0 radical (unpaired) electrons. The van der Waals surface area contributed by atoms with E-state index in [1.165, 1.54) is 25.3 Å². The average Bonchev–Trinajstić information content (AvgIpc) is 3.17. The maximum absolute atomic E-state index is 13.6. The molecule has 0 bridgehead atoms. The molecule has 184 valence electrons. The third-order valence-electron chi connectivity index (χ3n) is 5.22. The number of nitrogens with one attached hydrogen (secondary N) is 1. The fourth-order valence-corrected chi connectivity index (χ4v) is 3.11. The van der Waals surface area contributed by atoms with Crippen molar-refractivity contribution in [1.29, 1.82) is 0 Å². The van der Waals surface area contributed by atoms with Gasteiger partial charge in [0.2, 0.25) is 0 Å². The van der Waals surface area contributed by atoms with Gasteiger partial charge >= 0.3 is 5.97 Å². The van der Waals surface area contributed by atoms with E-state index in [2.05, 4.69) is 10.5 Å². The number of ether oxygens (including phenoxy) is 3. The number of carbonyl (C=O) groups excluding carboxylic acids is 2. The number of amides is 1. The number of benzene rings is 2. The molecule has 9 heteroatoms. The standard InChI is InChI=1S/C26H27FN2O6/c1-16-5-6-20(11-22(16)27)13-28-25(30)15-34-26(31)10-8-19-7-9-23(24(12-19)32-4)33-14-21-17(2)29-35-18(21)3/h5-12H,13-15H2,1-4H3,(H,28,30)/b10-8+. The second kappa shape index (κ2) is 11.8. The van der Waals surface area contributed by atoms with E-state index in [0.29, 0.717) is 33.9 Å². The molecule has 3 aromatic rings. The number of carbonyl (C=O) groups is 2. The van der Waals surface area contributed by atoms with E-state index in [9.17, 15) is 14.0 Å². The molecule has 35 heavy (non-hydrogen) atoms. The van der Waals surface area contributed by atoms with Crippen LogP contribution in [0.5, 0.6) is 11.5 Å². The van der Waals surface area contributed by atoms with Crippen LogP contribution in [0.2, 0.25) is 0 Å². The first-order valence-electron chi connectivity index (χ1n) is 10.9. The second-order valence-electron chi connectivity index (χ2n) is 7.80. The summed E-state index contributed by atoms with van der Waals surface area (Å²) in [4.78, 5) is 23.9. The molecule has 1 aromatic heterocycles. The van der Waals surface area contributed by atoms with Crippen molar-refractivity contribution in [2.45, 2.75) is 33.9 Å². The van der Waals surface area contributed by atoms with Crippen LogP contribution in [0, 0.1) is 26.6 Å². The first-order chi connectivity index (χ1) is 16.8. The fourth-order valence-electron chi connectivity index (χ4n) is 3.11. The van der Waals surface area contributed by atoms with Crippen molar-refractivity contribution in [3.05, 3.63) is 82.0 Å². The zero-order valence-electron chi connectivity index (χ0n) is 20.0. The molecule has 1 N–H and O–H groups in total. The Morgan fingerprint density at radius 3 is 2.60 bits per heavy atom. The highest BCUT2D eigenvalue weighted by molar-refractivity contribution is 5.89. The zero-order valence-corrected chi connectivity index (χ0v) is 20.0. The molecule has 2 aromatic carbocycles. The van der Waals surface area contributed by atoms with Crippen molar-refractivity contribution in [2.24, 2.45) is 0 Å². The summed E-state index contributed by atoms with van der Waals surface area (Å²) < 4.78 is 34.9. The summed E-state index contributed by atoms with van der Waals surface area (Å²) >= 11 is 0. The molecule has 0 unspecified atom stereocenters. The number of methoxy groups -OCH3 is 1. The van der Waals surface area contributed by atoms with Crippen molar-refractivity contribution in [2.75, 3.05) is 13.7 Å². The highest BCUT2D eigenvalue weighted by Crippen LogP contribution is 2.30. The van der Waals surface area contributed by atoms with Gasteiger partial charge in [0.1, 0.15) is 18.2 Å². The molecule has 8 nitrogen and oxygen atoms in total. The summed E-state index contributed by atoms with van der Waals surface area (Å²) in [5, 5.41) is 6.48. The molecular formula is C26H27FN2O6. The maximum Gasteiger partial charge on any atom is 0.331 e. The minimum atomic E-state index is -0.681. The predicted octanol–water partition coefficient (Wildman–Crippen LogP) is 4.20. The van der Waals surface area contributed by atoms with Gasteiger partial charge in [-0.3, -0.25) is 4.79 Å². The van der Waals surface area contributed by atoms with Crippen LogP contribution in [-0.4, -0.2) is 30.7 Å². The van der Waals surface area contributed by atoms with E-state index in [1.807, 2.05) is 13.8 Å². The summed E-state index contributed by atoms with van der Waals surface area (Å²) in [6.45, 7) is 5.28. The van der Waals surface area contributed by atoms with Crippen LogP contribution in [0.1, 0.15) is 33.7 Å². The van der Waals surface area contributed by atoms with Crippen molar-refractivity contribution >= 4 is 18.0 Å². The Hall–Kier alpha value is -4.14. The Morgan fingerprint density at radius 1 is 1.11 bits per heavy atom. The van der Waals surface area contributed by atoms with Gasteiger partial charge in [-0.05, 0) is 61.7 Å². The Labute approximate surface area is 202 Å². The molecule has 0 saturated carbocycles. The third kappa shape index (κ3) is 7.17. The molecule has 0 aliphatic heterocycles. The van der Waals surface area contributed by atoms with Crippen LogP contribution in [0.3, 0.4) is 0 Å². The molecule has 0 fully saturated rings. The van der Waals surface area contributed by atoms with Gasteiger partial charge in [-0.15, -0.1) is 0 Å². The number of esters is 1. The van der Waals surface area contributed by atoms with Crippen LogP contribution >= 0.6 is 0 Å². The second-order valence-corrected chi connectivity index (χ2v) is 7.80. The summed E-state index contributed by atoms with van der Waals surface area (Å²) in [6.07, 6.45) is 2.75. The van der Waals surface area contributed by atoms with Gasteiger partial charge in [0.15, 0.2) is 18.1 Å². The topological polar surface area (TPSA) is 99.9 Å². The average molecular weight is 483 g/mol. The van der Waals surface area contributed by atoms with E-state index >= 15 is 0 Å². The van der Waals surface area contributed by atoms with Crippen molar-refractivity contribution in [1.82, 2.24) is 10.5 Å². The highest BCUT2D eigenvalue weighted by Gasteiger charge is 2.12. The number of nitrogens with zero attached hydrogens (tertiary/aromatic N) is 1. The van der Waals surface area contributed by atoms with E-state index in [0.717, 1.165) is 11.3 Å². The zero-order chi connectivity index (χ0) is 25.4. The predicted molar refractivity (Wildman–Crippen MR) is 126 cm³/mol. The van der Waals surface area contributed by atoms with Crippen molar-refractivity contribution in [3.63, 3.8) is 0 Å². The maximum atomic E-state index is 13.6. The first-order valence-corrected chi connectivity index (χ1v) is 10.9. The Balaban J connectivity index is 1.48. The number of rotatable bonds is 10. The van der Waals surface area contributed by atoms with Gasteiger partial charge in [0.05, 0.1) is 18.4 Å². The quantitative estimate of drug-likeness (QED) is 0.341. The van der Waals surface area contributed by atoms with Gasteiger partial charge in [-0.2, -0.15) is 0 Å². The van der Waals surface area contributed by atoms with E-state index in [4.69, 9.17) is 18.7 Å². The SMILES string of the molecule is COc1cc(/C=C/C(=O)OCC(=O)NCc2ccc(C)c(F)c2)ccc1OCc1c(C)noc1C. The van der Waals surface area contributed by atoms with Crippen molar-refractivity contribution < 1.29 is 32.7 Å². The van der Waals surface area contributed by atoms with Gasteiger partial charge in [0.25, 0.3) is 5.91 Å². The number of aryl methyl sites for hydroxylation is 3. The lowest BCUT2D eigenvalue weighted by Gasteiger charge is -2.11. The largest absolute Gasteiger partial charge is 0.493 e. The summed E-state index contributed by atoms with van der Waals surface area (Å²) in [5.74, 6) is 0.187. The molecule has 1 heterocycles. The number of aromatic nitrogens is 1. The molecule has 1 amide bonds. The van der Waals surface area contributed by atoms with E-state index in [1.54, 1.807) is 37.3 Å². The fraction of sp³-hybridized carbons (Fsp3) is 0.269. The third-order valence-corrected chi connectivity index (χ3v) is 5.22. The minimum Gasteiger partial charge on any atom is -0.493 e. The summed E-state index contributed by atoms with van der Waals surface area (Å²) in [5.41, 5.74) is 3.44. The molecule has 0 aliphatic rings. The smallest absolute Gasteiger partial charge is 0.331 e. The lowest BCUT2D eigenvalue weighted by molar-refractivity contribution is -0.143. The molecule has 3 rings (SSSR count). The minimum absolute atomic E-state index is 0.133. The molecular weight excluding hydrogens is 455 g/mol. The normalized spacial score (nSPS) is 10.9. The van der Waals surface area contributed by atoms with Gasteiger partial charge in [-0.1, -0.05) is 23.4 Å². The Morgan fingerprint density at radius 2 is 1.91 bits per heavy atom. The lowest BCUT2D eigenvalue weighted by atomic mass is 10.1. The van der Waals surface area contributed by atoms with E-state index < -0.39 is 18.5 Å². The molecule has 0 aliphatic carbocycles. The van der Waals surface area contributed by atoms with Crippen molar-refractivity contribution in [3.8, 4) is 11.5 Å². The molecule has 0 saturated heterocycles. The van der Waals surface area contributed by atoms with Crippen LogP contribution in [-0.2, 0) is 27.5 Å². The Kier molecular flexibility index (Phi) is 8.61. The summed E-state index contributed by atoms with van der Waals surface area (Å²) in [6, 6.07) is 9.89. The van der Waals surface area contributed by atoms with Crippen LogP contribution in [0.25, 0.3) is 6.08 Å².